The van der Waals surface area contributed by atoms with Crippen LogP contribution in [0.15, 0.2) is 24.3 Å². The van der Waals surface area contributed by atoms with E-state index in [0.29, 0.717) is 5.92 Å². The first-order valence-electron chi connectivity index (χ1n) is 6.26. The minimum Gasteiger partial charge on any atom is -0.381 e. The van der Waals surface area contributed by atoms with E-state index in [2.05, 4.69) is 24.3 Å². The molecule has 0 radical (unpaired) electrons. The molecule has 1 aromatic rings. The Kier molecular flexibility index (Phi) is 2.49. The average Bonchev–Trinajstić information content (AvgIpc) is 2.71. The van der Waals surface area contributed by atoms with Crippen molar-refractivity contribution < 1.29 is 4.74 Å². The minimum absolute atomic E-state index is 0.0830. The third kappa shape index (κ3) is 1.48. The number of aryl methyl sites for hydroxylation is 1. The van der Waals surface area contributed by atoms with Crippen molar-refractivity contribution in [2.45, 2.75) is 31.2 Å². The summed E-state index contributed by atoms with van der Waals surface area (Å²) in [7, 11) is 0. The third-order valence-corrected chi connectivity index (χ3v) is 4.28. The molecule has 1 aliphatic heterocycles. The summed E-state index contributed by atoms with van der Waals surface area (Å²) in [6.45, 7) is 1.76. The van der Waals surface area contributed by atoms with Crippen LogP contribution in [-0.2, 0) is 16.7 Å². The fourth-order valence-electron chi connectivity index (χ4n) is 3.31. The van der Waals surface area contributed by atoms with Crippen LogP contribution in [0, 0.1) is 5.92 Å². The van der Waals surface area contributed by atoms with Crippen LogP contribution in [0.25, 0.3) is 0 Å². The van der Waals surface area contributed by atoms with Crippen LogP contribution in [0.3, 0.4) is 0 Å². The molecule has 2 N–H and O–H groups in total. The number of benzene rings is 1. The highest BCUT2D eigenvalue weighted by Gasteiger charge is 2.41. The number of rotatable bonds is 1. The van der Waals surface area contributed by atoms with E-state index in [0.717, 1.165) is 38.9 Å². The predicted molar refractivity (Wildman–Crippen MR) is 64.2 cm³/mol. The van der Waals surface area contributed by atoms with Gasteiger partial charge >= 0.3 is 0 Å². The molecule has 1 atom stereocenters. The lowest BCUT2D eigenvalue weighted by molar-refractivity contribution is 0.0374. The van der Waals surface area contributed by atoms with Gasteiger partial charge in [-0.3, -0.25) is 0 Å². The fourth-order valence-corrected chi connectivity index (χ4v) is 3.31. The Labute approximate surface area is 96.8 Å². The van der Waals surface area contributed by atoms with E-state index in [9.17, 15) is 0 Å². The van der Waals surface area contributed by atoms with Crippen molar-refractivity contribution in [1.29, 1.82) is 0 Å². The molecule has 0 saturated carbocycles. The topological polar surface area (TPSA) is 35.2 Å². The van der Waals surface area contributed by atoms with Crippen LogP contribution in [0.2, 0.25) is 0 Å². The molecule has 1 aliphatic carbocycles. The Morgan fingerprint density at radius 2 is 1.94 bits per heavy atom. The molecule has 2 nitrogen and oxygen atoms in total. The summed E-state index contributed by atoms with van der Waals surface area (Å²) < 4.78 is 5.44. The Morgan fingerprint density at radius 3 is 2.75 bits per heavy atom. The van der Waals surface area contributed by atoms with Gasteiger partial charge in [-0.05, 0) is 42.7 Å². The highest BCUT2D eigenvalue weighted by molar-refractivity contribution is 5.39. The molecule has 0 bridgehead atoms. The van der Waals surface area contributed by atoms with Crippen LogP contribution in [0.1, 0.15) is 30.4 Å². The molecule has 1 fully saturated rings. The highest BCUT2D eigenvalue weighted by atomic mass is 16.5. The SMILES string of the molecule is NC1(C2CCOCC2)CCc2ccccc21. The quantitative estimate of drug-likeness (QED) is 0.782. The van der Waals surface area contributed by atoms with Gasteiger partial charge in [-0.1, -0.05) is 24.3 Å². The molecule has 1 unspecified atom stereocenters. The van der Waals surface area contributed by atoms with Crippen molar-refractivity contribution in [2.24, 2.45) is 11.7 Å². The van der Waals surface area contributed by atoms with Crippen molar-refractivity contribution in [3.8, 4) is 0 Å². The van der Waals surface area contributed by atoms with Crippen molar-refractivity contribution in [3.05, 3.63) is 35.4 Å². The van der Waals surface area contributed by atoms with Gasteiger partial charge in [0.2, 0.25) is 0 Å². The van der Waals surface area contributed by atoms with Gasteiger partial charge in [0.15, 0.2) is 0 Å². The van der Waals surface area contributed by atoms with Gasteiger partial charge in [0.25, 0.3) is 0 Å². The van der Waals surface area contributed by atoms with Crippen molar-refractivity contribution in [1.82, 2.24) is 0 Å². The lowest BCUT2D eigenvalue weighted by Gasteiger charge is -2.37. The molecule has 1 aromatic carbocycles. The molecular weight excluding hydrogens is 198 g/mol. The summed E-state index contributed by atoms with van der Waals surface area (Å²) >= 11 is 0. The van der Waals surface area contributed by atoms with Crippen LogP contribution >= 0.6 is 0 Å². The first-order valence-corrected chi connectivity index (χ1v) is 6.26. The number of ether oxygens (including phenoxy) is 1. The second-order valence-corrected chi connectivity index (χ2v) is 5.08. The van der Waals surface area contributed by atoms with E-state index in [-0.39, 0.29) is 5.54 Å². The largest absolute Gasteiger partial charge is 0.381 e. The van der Waals surface area contributed by atoms with Crippen molar-refractivity contribution in [3.63, 3.8) is 0 Å². The molecule has 2 aliphatic rings. The van der Waals surface area contributed by atoms with Gasteiger partial charge in [-0.25, -0.2) is 0 Å². The lowest BCUT2D eigenvalue weighted by Crippen LogP contribution is -2.44. The number of fused-ring (bicyclic) bond motifs is 1. The van der Waals surface area contributed by atoms with E-state index >= 15 is 0 Å². The first kappa shape index (κ1) is 10.3. The molecular formula is C14H19NO. The zero-order valence-electron chi connectivity index (χ0n) is 9.61. The normalized spacial score (nSPS) is 30.3. The number of hydrogen-bond acceptors (Lipinski definition) is 2. The Morgan fingerprint density at radius 1 is 1.19 bits per heavy atom. The summed E-state index contributed by atoms with van der Waals surface area (Å²) in [5.41, 5.74) is 9.45. The lowest BCUT2D eigenvalue weighted by atomic mass is 9.76. The summed E-state index contributed by atoms with van der Waals surface area (Å²) in [5.74, 6) is 0.602. The third-order valence-electron chi connectivity index (χ3n) is 4.28. The molecule has 1 heterocycles. The molecule has 16 heavy (non-hydrogen) atoms. The maximum atomic E-state index is 6.69. The smallest absolute Gasteiger partial charge is 0.0469 e. The molecule has 3 rings (SSSR count). The summed E-state index contributed by atoms with van der Waals surface area (Å²) in [5, 5.41) is 0. The molecule has 0 spiro atoms. The maximum Gasteiger partial charge on any atom is 0.0469 e. The van der Waals surface area contributed by atoms with E-state index in [1.807, 2.05) is 0 Å². The van der Waals surface area contributed by atoms with E-state index in [4.69, 9.17) is 10.5 Å². The zero-order chi connectivity index (χ0) is 11.0. The van der Waals surface area contributed by atoms with Crippen LogP contribution in [0.4, 0.5) is 0 Å². The number of nitrogens with two attached hydrogens (primary N) is 1. The fraction of sp³-hybridized carbons (Fsp3) is 0.571. The van der Waals surface area contributed by atoms with Crippen molar-refractivity contribution in [2.75, 3.05) is 13.2 Å². The summed E-state index contributed by atoms with van der Waals surface area (Å²) in [6, 6.07) is 8.68. The molecule has 1 saturated heterocycles. The van der Waals surface area contributed by atoms with E-state index < -0.39 is 0 Å². The molecule has 0 aromatic heterocycles. The van der Waals surface area contributed by atoms with Gasteiger partial charge in [-0.2, -0.15) is 0 Å². The van der Waals surface area contributed by atoms with Crippen LogP contribution < -0.4 is 5.73 Å². The predicted octanol–water partition coefficient (Wildman–Crippen LogP) is 2.21. The molecule has 0 amide bonds. The summed E-state index contributed by atoms with van der Waals surface area (Å²) in [6.07, 6.45) is 4.48. The second-order valence-electron chi connectivity index (χ2n) is 5.08. The molecule has 86 valence electrons. The van der Waals surface area contributed by atoms with Gasteiger partial charge in [0.05, 0.1) is 0 Å². The van der Waals surface area contributed by atoms with Gasteiger partial charge in [0.1, 0.15) is 0 Å². The van der Waals surface area contributed by atoms with Gasteiger partial charge < -0.3 is 10.5 Å². The van der Waals surface area contributed by atoms with Crippen LogP contribution in [0.5, 0.6) is 0 Å². The first-order chi connectivity index (χ1) is 7.81. The summed E-state index contributed by atoms with van der Waals surface area (Å²) in [4.78, 5) is 0. The molecule has 2 heteroatoms. The second kappa shape index (κ2) is 3.86. The van der Waals surface area contributed by atoms with Gasteiger partial charge in [-0.15, -0.1) is 0 Å². The Hall–Kier alpha value is -0.860. The Balaban J connectivity index is 1.94. The Bertz CT molecular complexity index is 384. The maximum absolute atomic E-state index is 6.69. The van der Waals surface area contributed by atoms with Crippen LogP contribution in [-0.4, -0.2) is 13.2 Å². The number of hydrogen-bond donors (Lipinski definition) is 1. The monoisotopic (exact) mass is 217 g/mol. The zero-order valence-corrected chi connectivity index (χ0v) is 9.61. The minimum atomic E-state index is -0.0830. The van der Waals surface area contributed by atoms with E-state index in [1.165, 1.54) is 11.1 Å². The van der Waals surface area contributed by atoms with Gasteiger partial charge in [0, 0.05) is 18.8 Å². The van der Waals surface area contributed by atoms with E-state index in [1.54, 1.807) is 0 Å². The standard InChI is InChI=1S/C14H19NO/c15-14(12-6-9-16-10-7-12)8-5-11-3-1-2-4-13(11)14/h1-4,12H,5-10,15H2. The van der Waals surface area contributed by atoms with Crippen molar-refractivity contribution >= 4 is 0 Å². The average molecular weight is 217 g/mol. The highest BCUT2D eigenvalue weighted by Crippen LogP contribution is 2.43.